The molecule has 1 rings (SSSR count). The van der Waals surface area contributed by atoms with Gasteiger partial charge in [-0.25, -0.2) is 17.2 Å². The maximum absolute atomic E-state index is 13.8. The predicted octanol–water partition coefficient (Wildman–Crippen LogP) is 2.21. The molecule has 1 aromatic rings. The molecular formula is C12H18F2N2O2S. The summed E-state index contributed by atoms with van der Waals surface area (Å²) in [7, 11) is -2.68. The molecule has 0 fully saturated rings. The Hall–Kier alpha value is -1.21. The predicted molar refractivity (Wildman–Crippen MR) is 70.0 cm³/mol. The molecule has 0 saturated heterocycles. The maximum atomic E-state index is 13.8. The van der Waals surface area contributed by atoms with Crippen LogP contribution in [-0.2, 0) is 10.0 Å². The van der Waals surface area contributed by atoms with Gasteiger partial charge in [0.15, 0.2) is 5.82 Å². The number of nitrogens with two attached hydrogens (primary N) is 1. The molecule has 0 heterocycles. The molecular weight excluding hydrogens is 274 g/mol. The maximum Gasteiger partial charge on any atom is 0.246 e. The lowest BCUT2D eigenvalue weighted by atomic mass is 10.1. The first-order valence-corrected chi connectivity index (χ1v) is 7.26. The second kappa shape index (κ2) is 5.42. The van der Waals surface area contributed by atoms with Gasteiger partial charge in [-0.1, -0.05) is 13.8 Å². The number of halogens is 2. The van der Waals surface area contributed by atoms with Gasteiger partial charge in [-0.05, 0) is 25.0 Å². The van der Waals surface area contributed by atoms with Gasteiger partial charge in [0.25, 0.3) is 0 Å². The Bertz CT molecular complexity index is 573. The average Bonchev–Trinajstić information content (AvgIpc) is 2.33. The summed E-state index contributed by atoms with van der Waals surface area (Å²) in [6.45, 7) is 5.42. The van der Waals surface area contributed by atoms with Crippen molar-refractivity contribution in [2.24, 2.45) is 5.92 Å². The lowest BCUT2D eigenvalue weighted by molar-refractivity contribution is 0.314. The summed E-state index contributed by atoms with van der Waals surface area (Å²) in [6, 6.07) is 1.41. The van der Waals surface area contributed by atoms with Crippen molar-refractivity contribution in [3.05, 3.63) is 23.8 Å². The minimum atomic E-state index is -4.04. The van der Waals surface area contributed by atoms with Gasteiger partial charge in [0.2, 0.25) is 10.0 Å². The summed E-state index contributed by atoms with van der Waals surface area (Å²) in [6.07, 6.45) is 0. The topological polar surface area (TPSA) is 63.4 Å². The Kier molecular flexibility index (Phi) is 4.52. The zero-order valence-electron chi connectivity index (χ0n) is 11.3. The second-order valence-electron chi connectivity index (χ2n) is 4.78. The Morgan fingerprint density at radius 2 is 1.74 bits per heavy atom. The molecule has 0 spiro atoms. The van der Waals surface area contributed by atoms with Crippen molar-refractivity contribution >= 4 is 15.7 Å². The first-order chi connectivity index (χ1) is 8.60. The fourth-order valence-electron chi connectivity index (χ4n) is 1.54. The average molecular weight is 292 g/mol. The van der Waals surface area contributed by atoms with Crippen molar-refractivity contribution in [3.8, 4) is 0 Å². The molecule has 2 N–H and O–H groups in total. The van der Waals surface area contributed by atoms with Crippen molar-refractivity contribution in [1.82, 2.24) is 4.31 Å². The van der Waals surface area contributed by atoms with Gasteiger partial charge >= 0.3 is 0 Å². The first kappa shape index (κ1) is 15.8. The molecule has 108 valence electrons. The van der Waals surface area contributed by atoms with Crippen LogP contribution in [0.4, 0.5) is 14.5 Å². The molecule has 19 heavy (non-hydrogen) atoms. The lowest BCUT2D eigenvalue weighted by Gasteiger charge is -2.27. The van der Waals surface area contributed by atoms with Crippen LogP contribution in [0.25, 0.3) is 0 Å². The van der Waals surface area contributed by atoms with Crippen molar-refractivity contribution in [1.29, 1.82) is 0 Å². The quantitative estimate of drug-likeness (QED) is 0.865. The molecule has 0 aliphatic rings. The van der Waals surface area contributed by atoms with E-state index < -0.39 is 32.2 Å². The van der Waals surface area contributed by atoms with E-state index >= 15 is 0 Å². The molecule has 0 aliphatic carbocycles. The third kappa shape index (κ3) is 2.87. The summed E-state index contributed by atoms with van der Waals surface area (Å²) in [4.78, 5) is -0.610. The van der Waals surface area contributed by atoms with Crippen LogP contribution in [0.1, 0.15) is 20.8 Å². The highest BCUT2D eigenvalue weighted by Gasteiger charge is 2.30. The SMILES string of the molecule is CC(C)C(C)N(C)S(=O)(=O)c1ccc(F)c(N)c1F. The fraction of sp³-hybridized carbons (Fsp3) is 0.500. The third-order valence-electron chi connectivity index (χ3n) is 3.29. The monoisotopic (exact) mass is 292 g/mol. The molecule has 0 saturated carbocycles. The van der Waals surface area contributed by atoms with Gasteiger partial charge in [0.1, 0.15) is 16.4 Å². The first-order valence-electron chi connectivity index (χ1n) is 5.82. The van der Waals surface area contributed by atoms with Gasteiger partial charge in [-0.2, -0.15) is 4.31 Å². The Morgan fingerprint density at radius 1 is 1.21 bits per heavy atom. The number of hydrogen-bond donors (Lipinski definition) is 1. The molecule has 4 nitrogen and oxygen atoms in total. The molecule has 0 aromatic heterocycles. The number of benzene rings is 1. The summed E-state index contributed by atoms with van der Waals surface area (Å²) < 4.78 is 52.5. The molecule has 1 atom stereocenters. The summed E-state index contributed by atoms with van der Waals surface area (Å²) in [5.74, 6) is -2.17. The molecule has 7 heteroatoms. The minimum Gasteiger partial charge on any atom is -0.394 e. The molecule has 0 radical (unpaired) electrons. The van der Waals surface area contributed by atoms with E-state index in [1.165, 1.54) is 7.05 Å². The summed E-state index contributed by atoms with van der Waals surface area (Å²) in [5.41, 5.74) is 4.40. The smallest absolute Gasteiger partial charge is 0.246 e. The normalized spacial score (nSPS) is 14.1. The van der Waals surface area contributed by atoms with Crippen molar-refractivity contribution in [2.75, 3.05) is 12.8 Å². The Balaban J connectivity index is 3.33. The van der Waals surface area contributed by atoms with Crippen molar-refractivity contribution in [2.45, 2.75) is 31.7 Å². The van der Waals surface area contributed by atoms with E-state index in [-0.39, 0.29) is 12.0 Å². The number of sulfonamides is 1. The van der Waals surface area contributed by atoms with E-state index in [1.54, 1.807) is 6.92 Å². The number of nitrogen functional groups attached to an aromatic ring is 1. The zero-order chi connectivity index (χ0) is 15.0. The molecule has 0 amide bonds. The standard InChI is InChI=1S/C12H18F2N2O2S/c1-7(2)8(3)16(4)19(17,18)10-6-5-9(13)12(15)11(10)14/h5-8H,15H2,1-4H3. The number of nitrogens with zero attached hydrogens (tertiary/aromatic N) is 1. The largest absolute Gasteiger partial charge is 0.394 e. The Labute approximate surface area is 112 Å². The van der Waals surface area contributed by atoms with E-state index in [9.17, 15) is 17.2 Å². The van der Waals surface area contributed by atoms with Crippen LogP contribution in [0.3, 0.4) is 0 Å². The zero-order valence-corrected chi connectivity index (χ0v) is 12.1. The van der Waals surface area contributed by atoms with Crippen LogP contribution in [0.15, 0.2) is 17.0 Å². The molecule has 1 aromatic carbocycles. The van der Waals surface area contributed by atoms with Crippen LogP contribution in [0, 0.1) is 17.6 Å². The second-order valence-corrected chi connectivity index (χ2v) is 6.74. The molecule has 0 aliphatic heterocycles. The van der Waals surface area contributed by atoms with Crippen LogP contribution < -0.4 is 5.73 Å². The van der Waals surface area contributed by atoms with Gasteiger partial charge in [0.05, 0.1) is 0 Å². The van der Waals surface area contributed by atoms with Crippen LogP contribution in [0.2, 0.25) is 0 Å². The van der Waals surface area contributed by atoms with E-state index in [1.807, 2.05) is 13.8 Å². The van der Waals surface area contributed by atoms with E-state index in [0.717, 1.165) is 16.4 Å². The number of rotatable bonds is 4. The third-order valence-corrected chi connectivity index (χ3v) is 5.25. The Morgan fingerprint density at radius 3 is 2.21 bits per heavy atom. The highest BCUT2D eigenvalue weighted by molar-refractivity contribution is 7.89. The summed E-state index contributed by atoms with van der Waals surface area (Å²) >= 11 is 0. The fourth-order valence-corrected chi connectivity index (χ4v) is 3.11. The molecule has 1 unspecified atom stereocenters. The van der Waals surface area contributed by atoms with E-state index in [2.05, 4.69) is 0 Å². The highest BCUT2D eigenvalue weighted by Crippen LogP contribution is 2.26. The van der Waals surface area contributed by atoms with Crippen LogP contribution in [0.5, 0.6) is 0 Å². The van der Waals surface area contributed by atoms with Crippen LogP contribution >= 0.6 is 0 Å². The highest BCUT2D eigenvalue weighted by atomic mass is 32.2. The minimum absolute atomic E-state index is 0.0561. The van der Waals surface area contributed by atoms with E-state index in [4.69, 9.17) is 5.73 Å². The van der Waals surface area contributed by atoms with Gasteiger partial charge in [0, 0.05) is 13.1 Å². The van der Waals surface area contributed by atoms with Crippen molar-refractivity contribution < 1.29 is 17.2 Å². The van der Waals surface area contributed by atoms with Crippen molar-refractivity contribution in [3.63, 3.8) is 0 Å². The van der Waals surface area contributed by atoms with Gasteiger partial charge in [-0.3, -0.25) is 0 Å². The van der Waals surface area contributed by atoms with Gasteiger partial charge in [-0.15, -0.1) is 0 Å². The molecule has 0 bridgehead atoms. The van der Waals surface area contributed by atoms with Crippen LogP contribution in [-0.4, -0.2) is 25.8 Å². The number of hydrogen-bond acceptors (Lipinski definition) is 3. The van der Waals surface area contributed by atoms with E-state index in [0.29, 0.717) is 0 Å². The van der Waals surface area contributed by atoms with Gasteiger partial charge < -0.3 is 5.73 Å². The number of anilines is 1. The lowest BCUT2D eigenvalue weighted by Crippen LogP contribution is -2.38. The summed E-state index contributed by atoms with van der Waals surface area (Å²) in [5, 5.41) is 0.